The van der Waals surface area contributed by atoms with Crippen LogP contribution in [0, 0.1) is 0 Å². The zero-order valence-electron chi connectivity index (χ0n) is 15.6. The van der Waals surface area contributed by atoms with Gasteiger partial charge in [-0.25, -0.2) is 4.79 Å². The number of hydrogen-bond donors (Lipinski definition) is 2. The number of carbonyl (C=O) groups excluding carboxylic acids is 2. The van der Waals surface area contributed by atoms with Crippen LogP contribution in [0.3, 0.4) is 0 Å². The zero-order chi connectivity index (χ0) is 19.4. The standard InChI is InChI=1S/C19H25N3O4S/c1-25-11-17(23)20-12-9-13-7-8-14(10-12)22(13)19(27)21-16-6-4-3-5-15(16)18(24)26-2/h3-6,12-14H,7-11H2,1-2H3,(H,20,23)(H,21,27)/t12?,13-,14+. The van der Waals surface area contributed by atoms with E-state index >= 15 is 0 Å². The van der Waals surface area contributed by atoms with Crippen LogP contribution in [0.25, 0.3) is 0 Å². The lowest BCUT2D eigenvalue weighted by atomic mass is 9.97. The first-order valence-electron chi connectivity index (χ1n) is 9.08. The van der Waals surface area contributed by atoms with Gasteiger partial charge in [0.1, 0.15) is 6.61 Å². The Kier molecular flexibility index (Phi) is 6.28. The van der Waals surface area contributed by atoms with E-state index in [1.807, 2.05) is 12.1 Å². The van der Waals surface area contributed by atoms with Crippen LogP contribution in [0.1, 0.15) is 36.0 Å². The van der Waals surface area contributed by atoms with Crippen molar-refractivity contribution in [3.63, 3.8) is 0 Å². The predicted molar refractivity (Wildman–Crippen MR) is 106 cm³/mol. The molecule has 1 amide bonds. The molecule has 146 valence electrons. The number of para-hydroxylation sites is 1. The second-order valence-electron chi connectivity index (χ2n) is 6.93. The smallest absolute Gasteiger partial charge is 0.339 e. The Bertz CT molecular complexity index is 713. The van der Waals surface area contributed by atoms with E-state index in [9.17, 15) is 9.59 Å². The zero-order valence-corrected chi connectivity index (χ0v) is 16.4. The van der Waals surface area contributed by atoms with Gasteiger partial charge in [-0.2, -0.15) is 0 Å². The lowest BCUT2D eigenvalue weighted by Crippen LogP contribution is -2.53. The van der Waals surface area contributed by atoms with Crippen molar-refractivity contribution in [2.24, 2.45) is 0 Å². The number of benzene rings is 1. The molecule has 3 rings (SSSR count). The Morgan fingerprint density at radius 3 is 2.48 bits per heavy atom. The number of piperidine rings is 1. The Balaban J connectivity index is 1.66. The van der Waals surface area contributed by atoms with Gasteiger partial charge in [0, 0.05) is 25.2 Å². The molecule has 0 radical (unpaired) electrons. The summed E-state index contributed by atoms with van der Waals surface area (Å²) in [7, 11) is 2.88. The molecule has 0 saturated carbocycles. The minimum absolute atomic E-state index is 0.0805. The number of nitrogens with zero attached hydrogens (tertiary/aromatic N) is 1. The minimum atomic E-state index is -0.400. The van der Waals surface area contributed by atoms with Crippen molar-refractivity contribution >= 4 is 34.9 Å². The molecule has 3 atom stereocenters. The van der Waals surface area contributed by atoms with E-state index in [2.05, 4.69) is 15.5 Å². The molecule has 2 aliphatic heterocycles. The SMILES string of the molecule is COCC(=O)NC1C[C@H]2CC[C@@H](C1)N2C(=S)Nc1ccccc1C(=O)OC. The van der Waals surface area contributed by atoms with Gasteiger partial charge in [-0.3, -0.25) is 4.79 Å². The van der Waals surface area contributed by atoms with Crippen LogP contribution in [0.15, 0.2) is 24.3 Å². The number of thiocarbonyl (C=S) groups is 1. The normalized spacial score (nSPS) is 23.6. The van der Waals surface area contributed by atoms with Gasteiger partial charge >= 0.3 is 5.97 Å². The number of ether oxygens (including phenoxy) is 2. The number of rotatable bonds is 5. The third-order valence-corrected chi connectivity index (χ3v) is 5.49. The third-order valence-electron chi connectivity index (χ3n) is 5.18. The van der Waals surface area contributed by atoms with Crippen molar-refractivity contribution in [1.29, 1.82) is 0 Å². The highest BCUT2D eigenvalue weighted by Gasteiger charge is 2.42. The van der Waals surface area contributed by atoms with E-state index in [-0.39, 0.29) is 30.6 Å². The first kappa shape index (κ1) is 19.6. The van der Waals surface area contributed by atoms with Gasteiger partial charge in [-0.05, 0) is 50.0 Å². The lowest BCUT2D eigenvalue weighted by Gasteiger charge is -2.40. The summed E-state index contributed by atoms with van der Waals surface area (Å²) < 4.78 is 9.73. The van der Waals surface area contributed by atoms with Crippen molar-refractivity contribution in [3.8, 4) is 0 Å². The Hall–Kier alpha value is -2.19. The molecule has 1 aromatic carbocycles. The lowest BCUT2D eigenvalue weighted by molar-refractivity contribution is -0.125. The van der Waals surface area contributed by atoms with Crippen LogP contribution in [0.5, 0.6) is 0 Å². The number of esters is 1. The third kappa shape index (κ3) is 4.39. The van der Waals surface area contributed by atoms with Crippen molar-refractivity contribution in [2.45, 2.75) is 43.8 Å². The summed E-state index contributed by atoms with van der Waals surface area (Å²) >= 11 is 5.66. The molecule has 27 heavy (non-hydrogen) atoms. The molecule has 2 fully saturated rings. The van der Waals surface area contributed by atoms with E-state index in [0.717, 1.165) is 25.7 Å². The first-order valence-corrected chi connectivity index (χ1v) is 9.49. The maximum Gasteiger partial charge on any atom is 0.339 e. The number of fused-ring (bicyclic) bond motifs is 2. The highest BCUT2D eigenvalue weighted by Crippen LogP contribution is 2.36. The van der Waals surface area contributed by atoms with Gasteiger partial charge in [0.05, 0.1) is 18.4 Å². The first-order chi connectivity index (χ1) is 13.0. The Labute approximate surface area is 164 Å². The molecule has 0 aromatic heterocycles. The fourth-order valence-corrected chi connectivity index (χ4v) is 4.49. The number of methoxy groups -OCH3 is 2. The highest BCUT2D eigenvalue weighted by atomic mass is 32.1. The summed E-state index contributed by atoms with van der Waals surface area (Å²) in [5.41, 5.74) is 1.10. The summed E-state index contributed by atoms with van der Waals surface area (Å²) in [6, 6.07) is 7.87. The van der Waals surface area contributed by atoms with Crippen molar-refractivity contribution in [2.75, 3.05) is 26.1 Å². The average molecular weight is 391 g/mol. The Morgan fingerprint density at radius 1 is 1.19 bits per heavy atom. The van der Waals surface area contributed by atoms with Crippen LogP contribution >= 0.6 is 12.2 Å². The van der Waals surface area contributed by atoms with Gasteiger partial charge < -0.3 is 25.0 Å². The summed E-state index contributed by atoms with van der Waals surface area (Å²) in [5.74, 6) is -0.480. The molecule has 2 aliphatic rings. The summed E-state index contributed by atoms with van der Waals surface area (Å²) in [4.78, 5) is 26.0. The maximum absolute atomic E-state index is 12.0. The molecule has 1 aromatic rings. The maximum atomic E-state index is 12.0. The van der Waals surface area contributed by atoms with Crippen LogP contribution < -0.4 is 10.6 Å². The fourth-order valence-electron chi connectivity index (χ4n) is 4.09. The van der Waals surface area contributed by atoms with Crippen molar-refractivity contribution < 1.29 is 19.1 Å². The topological polar surface area (TPSA) is 79.9 Å². The molecular formula is C19H25N3O4S. The number of carbonyl (C=O) groups is 2. The van der Waals surface area contributed by atoms with Gasteiger partial charge in [-0.1, -0.05) is 12.1 Å². The second-order valence-corrected chi connectivity index (χ2v) is 7.32. The molecule has 2 saturated heterocycles. The van der Waals surface area contributed by atoms with Crippen LogP contribution in [0.2, 0.25) is 0 Å². The fraction of sp³-hybridized carbons (Fsp3) is 0.526. The summed E-state index contributed by atoms with van der Waals surface area (Å²) in [5, 5.41) is 6.88. The van der Waals surface area contributed by atoms with Gasteiger partial charge in [-0.15, -0.1) is 0 Å². The Morgan fingerprint density at radius 2 is 1.85 bits per heavy atom. The molecule has 0 aliphatic carbocycles. The van der Waals surface area contributed by atoms with Gasteiger partial charge in [0.25, 0.3) is 0 Å². The number of amides is 1. The van der Waals surface area contributed by atoms with Crippen molar-refractivity contribution in [3.05, 3.63) is 29.8 Å². The number of anilines is 1. The molecule has 2 heterocycles. The predicted octanol–water partition coefficient (Wildman–Crippen LogP) is 1.93. The van der Waals surface area contributed by atoms with Crippen LogP contribution in [0.4, 0.5) is 5.69 Å². The van der Waals surface area contributed by atoms with Crippen LogP contribution in [-0.2, 0) is 14.3 Å². The van der Waals surface area contributed by atoms with Crippen LogP contribution in [-0.4, -0.2) is 60.8 Å². The number of nitrogens with one attached hydrogen (secondary N) is 2. The summed E-state index contributed by atoms with van der Waals surface area (Å²) in [6.45, 7) is 0.0832. The second kappa shape index (κ2) is 8.67. The largest absolute Gasteiger partial charge is 0.465 e. The van der Waals surface area contributed by atoms with Crippen molar-refractivity contribution in [1.82, 2.24) is 10.2 Å². The van der Waals surface area contributed by atoms with E-state index in [0.29, 0.717) is 16.4 Å². The van der Waals surface area contributed by atoms with Gasteiger partial charge in [0.15, 0.2) is 5.11 Å². The number of hydrogen-bond acceptors (Lipinski definition) is 5. The molecule has 2 N–H and O–H groups in total. The average Bonchev–Trinajstić information content (AvgIpc) is 2.93. The molecular weight excluding hydrogens is 366 g/mol. The molecule has 0 spiro atoms. The summed E-state index contributed by atoms with van der Waals surface area (Å²) in [6.07, 6.45) is 3.79. The quantitative estimate of drug-likeness (QED) is 0.586. The van der Waals surface area contributed by atoms with Gasteiger partial charge in [0.2, 0.25) is 5.91 Å². The van der Waals surface area contributed by atoms with E-state index in [4.69, 9.17) is 21.7 Å². The van der Waals surface area contributed by atoms with E-state index in [1.165, 1.54) is 14.2 Å². The molecule has 7 nitrogen and oxygen atoms in total. The minimum Gasteiger partial charge on any atom is -0.465 e. The molecule has 1 unspecified atom stereocenters. The highest BCUT2D eigenvalue weighted by molar-refractivity contribution is 7.80. The molecule has 2 bridgehead atoms. The van der Waals surface area contributed by atoms with E-state index in [1.54, 1.807) is 12.1 Å². The van der Waals surface area contributed by atoms with E-state index < -0.39 is 5.97 Å². The molecule has 8 heteroatoms. The monoisotopic (exact) mass is 391 g/mol.